The van der Waals surface area contributed by atoms with Crippen molar-refractivity contribution in [3.63, 3.8) is 0 Å². The minimum Gasteiger partial charge on any atom is -0.310 e. The van der Waals surface area contributed by atoms with Crippen molar-refractivity contribution < 1.29 is 0 Å². The molecule has 0 saturated heterocycles. The second-order valence-corrected chi connectivity index (χ2v) is 13.4. The van der Waals surface area contributed by atoms with Crippen LogP contribution in [0, 0.1) is 0 Å². The molecule has 10 aromatic rings. The van der Waals surface area contributed by atoms with Gasteiger partial charge in [-0.25, -0.2) is 4.98 Å². The van der Waals surface area contributed by atoms with Crippen LogP contribution in [-0.2, 0) is 0 Å². The van der Waals surface area contributed by atoms with Crippen LogP contribution in [0.25, 0.3) is 89.2 Å². The molecule has 10 rings (SSSR count). The normalized spacial score (nSPS) is 11.6. The zero-order chi connectivity index (χ0) is 36.5. The fourth-order valence-corrected chi connectivity index (χ4v) is 7.64. The van der Waals surface area contributed by atoms with Crippen LogP contribution in [-0.4, -0.2) is 55.5 Å². The molecule has 0 amide bonds. The molecule has 0 fully saturated rings. The lowest BCUT2D eigenvalue weighted by Crippen LogP contribution is -2.45. The van der Waals surface area contributed by atoms with E-state index in [-0.39, 0.29) is 0 Å². The third-order valence-electron chi connectivity index (χ3n) is 10.2. The number of fused-ring (bicyclic) bond motifs is 6. The highest BCUT2D eigenvalue weighted by atomic mass is 15.2. The Balaban J connectivity index is 1.27. The number of hydrogen-bond acceptors (Lipinski definition) is 3. The van der Waals surface area contributed by atoms with Crippen molar-refractivity contribution >= 4 is 96.8 Å². The van der Waals surface area contributed by atoms with Crippen LogP contribution < -0.4 is 21.9 Å². The van der Waals surface area contributed by atoms with Crippen LogP contribution in [0.5, 0.6) is 0 Å². The summed E-state index contributed by atoms with van der Waals surface area (Å²) in [5.41, 5.74) is 9.69. The van der Waals surface area contributed by atoms with E-state index in [0.717, 1.165) is 65.9 Å². The summed E-state index contributed by atoms with van der Waals surface area (Å²) in [7, 11) is 26.0. The topological polar surface area (TPSA) is 48.5 Å². The van der Waals surface area contributed by atoms with Crippen LogP contribution in [0.1, 0.15) is 0 Å². The lowest BCUT2D eigenvalue weighted by atomic mass is 9.68. The second-order valence-electron chi connectivity index (χ2n) is 13.4. The van der Waals surface area contributed by atoms with E-state index in [1.807, 2.05) is 66.7 Å². The fraction of sp³-hybridized carbons (Fsp3) is 0. The molecule has 0 unspecified atom stereocenters. The van der Waals surface area contributed by atoms with Gasteiger partial charge < -0.3 is 4.57 Å². The second kappa shape index (κ2) is 12.5. The highest BCUT2D eigenvalue weighted by molar-refractivity contribution is 6.60. The van der Waals surface area contributed by atoms with Crippen molar-refractivity contribution in [3.8, 4) is 45.5 Å². The van der Waals surface area contributed by atoms with E-state index < -0.39 is 0 Å². The summed E-state index contributed by atoms with van der Waals surface area (Å²) in [4.78, 5) is 15.4. The summed E-state index contributed by atoms with van der Waals surface area (Å²) in [5, 5.41) is 4.20. The van der Waals surface area contributed by atoms with Crippen molar-refractivity contribution in [3.05, 3.63) is 152 Å². The first kappa shape index (κ1) is 32.1. The van der Waals surface area contributed by atoms with Gasteiger partial charge in [-0.2, -0.15) is 9.97 Å². The molecule has 54 heavy (non-hydrogen) atoms. The molecule has 0 aliphatic carbocycles. The SMILES string of the molecule is [B]c1cc([B])c(-n2c3ccccc3c3cc4c5ccccc5n(-c5nc(-c6ccccc6)nc(-c6ccc(-c7ccccc7)cc6)n5)c4cc32)c([B])c1[B]. The van der Waals surface area contributed by atoms with Crippen molar-refractivity contribution in [2.24, 2.45) is 0 Å². The Morgan fingerprint density at radius 2 is 0.833 bits per heavy atom. The number of nitrogens with zero attached hydrogens (tertiary/aromatic N) is 5. The first-order chi connectivity index (χ1) is 26.4. The van der Waals surface area contributed by atoms with Gasteiger partial charge in [0.2, 0.25) is 5.95 Å². The molecule has 0 atom stereocenters. The molecule has 8 radical (unpaired) electrons. The van der Waals surface area contributed by atoms with Crippen LogP contribution in [0.4, 0.5) is 0 Å². The molecule has 0 spiro atoms. The van der Waals surface area contributed by atoms with Crippen molar-refractivity contribution in [2.75, 3.05) is 0 Å². The average molecular weight is 679 g/mol. The molecular formula is C45H25B4N5. The smallest absolute Gasteiger partial charge is 0.238 e. The third kappa shape index (κ3) is 5.03. The predicted molar refractivity (Wildman–Crippen MR) is 226 cm³/mol. The third-order valence-corrected chi connectivity index (χ3v) is 10.2. The van der Waals surface area contributed by atoms with E-state index in [1.165, 1.54) is 0 Å². The first-order valence-electron chi connectivity index (χ1n) is 17.6. The number of benzene rings is 7. The van der Waals surface area contributed by atoms with Gasteiger partial charge in [0.1, 0.15) is 31.4 Å². The molecular weight excluding hydrogens is 654 g/mol. The molecule has 242 valence electrons. The molecule has 3 aromatic heterocycles. The minimum atomic E-state index is 0.295. The van der Waals surface area contributed by atoms with Gasteiger partial charge in [-0.3, -0.25) is 4.57 Å². The fourth-order valence-electron chi connectivity index (χ4n) is 7.64. The van der Waals surface area contributed by atoms with Crippen molar-refractivity contribution in [1.82, 2.24) is 24.1 Å². The largest absolute Gasteiger partial charge is 0.310 e. The van der Waals surface area contributed by atoms with E-state index in [1.54, 1.807) is 6.07 Å². The predicted octanol–water partition coefficient (Wildman–Crippen LogP) is 6.24. The minimum absolute atomic E-state index is 0.295. The van der Waals surface area contributed by atoms with Gasteiger partial charge >= 0.3 is 0 Å². The summed E-state index contributed by atoms with van der Waals surface area (Å²) in [6.45, 7) is 0. The lowest BCUT2D eigenvalue weighted by Gasteiger charge is -2.20. The number of aromatic nitrogens is 5. The average Bonchev–Trinajstić information content (AvgIpc) is 3.71. The summed E-state index contributed by atoms with van der Waals surface area (Å²) in [5.74, 6) is 1.63. The standard InChI is InChI=1S/C45H25B4N5/c46-34-24-35(47)42(41(49)40(34)48)53-36-17-9-7-15-30(36)32-23-33-31-16-8-10-18-37(31)54(39(33)25-38(32)53)45-51-43(28-13-5-2-6-14-28)50-44(52-45)29-21-19-27(20-22-29)26-11-3-1-4-12-26/h1-25H. The highest BCUT2D eigenvalue weighted by Gasteiger charge is 2.22. The van der Waals surface area contributed by atoms with Crippen molar-refractivity contribution in [2.45, 2.75) is 0 Å². The van der Waals surface area contributed by atoms with E-state index in [0.29, 0.717) is 45.1 Å². The van der Waals surface area contributed by atoms with Crippen LogP contribution >= 0.6 is 0 Å². The molecule has 9 heteroatoms. The molecule has 5 nitrogen and oxygen atoms in total. The van der Waals surface area contributed by atoms with Crippen molar-refractivity contribution in [1.29, 1.82) is 0 Å². The number of hydrogen-bond donors (Lipinski definition) is 0. The quantitative estimate of drug-likeness (QED) is 0.203. The van der Waals surface area contributed by atoms with Crippen LogP contribution in [0.15, 0.2) is 152 Å². The Hall–Kier alpha value is -6.59. The Kier molecular flexibility index (Phi) is 7.44. The van der Waals surface area contributed by atoms with Gasteiger partial charge in [0, 0.05) is 38.4 Å². The molecule has 3 heterocycles. The Morgan fingerprint density at radius 3 is 1.46 bits per heavy atom. The summed E-state index contributed by atoms with van der Waals surface area (Å²) in [6.07, 6.45) is 0. The monoisotopic (exact) mass is 679 g/mol. The van der Waals surface area contributed by atoms with Gasteiger partial charge in [-0.1, -0.05) is 138 Å². The first-order valence-corrected chi connectivity index (χ1v) is 17.6. The lowest BCUT2D eigenvalue weighted by molar-refractivity contribution is 0.953. The molecule has 0 N–H and O–H groups in total. The van der Waals surface area contributed by atoms with Gasteiger partial charge in [-0.05, 0) is 35.4 Å². The zero-order valence-corrected chi connectivity index (χ0v) is 29.0. The molecule has 0 bridgehead atoms. The number of rotatable bonds is 5. The van der Waals surface area contributed by atoms with Gasteiger partial charge in [-0.15, -0.1) is 10.9 Å². The van der Waals surface area contributed by atoms with E-state index in [2.05, 4.69) is 88.0 Å². The maximum Gasteiger partial charge on any atom is 0.238 e. The Bertz CT molecular complexity index is 3080. The van der Waals surface area contributed by atoms with E-state index in [9.17, 15) is 0 Å². The molecule has 7 aromatic carbocycles. The van der Waals surface area contributed by atoms with E-state index >= 15 is 0 Å². The van der Waals surface area contributed by atoms with Crippen LogP contribution in [0.2, 0.25) is 0 Å². The summed E-state index contributed by atoms with van der Waals surface area (Å²) < 4.78 is 4.20. The van der Waals surface area contributed by atoms with Gasteiger partial charge in [0.25, 0.3) is 0 Å². The molecule has 0 saturated carbocycles. The van der Waals surface area contributed by atoms with Gasteiger partial charge in [0.05, 0.1) is 22.1 Å². The zero-order valence-electron chi connectivity index (χ0n) is 29.0. The molecule has 0 aliphatic rings. The summed E-state index contributed by atoms with van der Waals surface area (Å²) >= 11 is 0. The Labute approximate surface area is 317 Å². The van der Waals surface area contributed by atoms with E-state index in [4.69, 9.17) is 46.3 Å². The highest BCUT2D eigenvalue weighted by Crippen LogP contribution is 2.39. The van der Waals surface area contributed by atoms with Crippen LogP contribution in [0.3, 0.4) is 0 Å². The Morgan fingerprint density at radius 1 is 0.352 bits per heavy atom. The molecule has 0 aliphatic heterocycles. The maximum atomic E-state index is 6.70. The van der Waals surface area contributed by atoms with Gasteiger partial charge in [0.15, 0.2) is 11.6 Å². The summed E-state index contributed by atoms with van der Waals surface area (Å²) in [6, 6.07) is 51.3. The maximum absolute atomic E-state index is 6.70. The number of para-hydroxylation sites is 2.